The van der Waals surface area contributed by atoms with E-state index in [1.54, 1.807) is 18.2 Å². The summed E-state index contributed by atoms with van der Waals surface area (Å²) < 4.78 is 140. The van der Waals surface area contributed by atoms with Crippen molar-refractivity contribution in [1.82, 2.24) is 0 Å². The summed E-state index contributed by atoms with van der Waals surface area (Å²) in [7, 11) is 0. The molecular formula is C42H26O. The van der Waals surface area contributed by atoms with E-state index in [9.17, 15) is 6.85 Å². The Hall–Kier alpha value is -5.66. The summed E-state index contributed by atoms with van der Waals surface area (Å²) in [5, 5.41) is 0.554. The molecule has 9 aromatic rings. The van der Waals surface area contributed by atoms with Gasteiger partial charge in [-0.15, -0.1) is 0 Å². The SMILES string of the molecule is [2H]c1c([2H])c([2H])c2c(oc3c(-c4c5c([2H])c([2H])c([2H])c([2H])c5c(-c5cccc(-c6cccc7ccccc67)c5)c5c([2H])c([2H])c([2H])c([2H])c45)c([2H])c([2H])c([2H])c32)c1[2H]. The molecule has 9 rings (SSSR count). The number of para-hydroxylation sites is 2. The minimum absolute atomic E-state index is 0.0602. The highest BCUT2D eigenvalue weighted by molar-refractivity contribution is 6.24. The van der Waals surface area contributed by atoms with Crippen molar-refractivity contribution in [2.45, 2.75) is 0 Å². The fraction of sp³-hybridized carbons (Fsp3) is 0. The first-order valence-electron chi connectivity index (χ1n) is 21.1. The minimum atomic E-state index is -0.715. The standard InChI is InChI=1S/C42H26O/c1-2-16-30-27(12-1)13-10-22-31(30)28-14-9-15-29(26-28)40-33-18-3-5-20-35(33)41(36-21-6-4-19-34(36)40)38-24-11-23-37-32-17-7-8-25-39(32)43-42(37)38/h1-26H/i3D,4D,5D,6D,7D,8D,11D,17D,18D,19D,20D,21D,23D,24D,25D. The Kier molecular flexibility index (Phi) is 2.97. The highest BCUT2D eigenvalue weighted by Crippen LogP contribution is 2.46. The Morgan fingerprint density at radius 3 is 1.81 bits per heavy atom. The van der Waals surface area contributed by atoms with Gasteiger partial charge in [-0.1, -0.05) is 145 Å². The topological polar surface area (TPSA) is 13.1 Å². The highest BCUT2D eigenvalue weighted by atomic mass is 16.3. The maximum absolute atomic E-state index is 9.38. The van der Waals surface area contributed by atoms with E-state index in [0.717, 1.165) is 16.3 Å². The van der Waals surface area contributed by atoms with Crippen LogP contribution in [0.15, 0.2) is 162 Å². The zero-order chi connectivity index (χ0) is 41.4. The quantitative estimate of drug-likeness (QED) is 0.196. The number of hydrogen-bond donors (Lipinski definition) is 0. The Morgan fingerprint density at radius 1 is 0.419 bits per heavy atom. The predicted molar refractivity (Wildman–Crippen MR) is 183 cm³/mol. The Balaban J connectivity index is 1.56. The molecule has 1 heterocycles. The van der Waals surface area contributed by atoms with Gasteiger partial charge in [-0.2, -0.15) is 0 Å². The van der Waals surface area contributed by atoms with Gasteiger partial charge in [0, 0.05) is 21.9 Å². The highest BCUT2D eigenvalue weighted by Gasteiger charge is 2.20. The van der Waals surface area contributed by atoms with Crippen LogP contribution in [0.2, 0.25) is 0 Å². The number of benzene rings is 8. The maximum atomic E-state index is 9.38. The van der Waals surface area contributed by atoms with Crippen LogP contribution in [0.4, 0.5) is 0 Å². The molecule has 0 radical (unpaired) electrons. The largest absolute Gasteiger partial charge is 0.455 e. The van der Waals surface area contributed by atoms with Gasteiger partial charge in [0.1, 0.15) is 11.2 Å². The molecule has 8 aromatic carbocycles. The number of rotatable bonds is 3. The van der Waals surface area contributed by atoms with Crippen LogP contribution in [0.1, 0.15) is 20.6 Å². The molecule has 0 aliphatic heterocycles. The lowest BCUT2D eigenvalue weighted by Gasteiger charge is -2.18. The van der Waals surface area contributed by atoms with Crippen molar-refractivity contribution in [2.24, 2.45) is 0 Å². The summed E-state index contributed by atoms with van der Waals surface area (Å²) in [6, 6.07) is 11.2. The monoisotopic (exact) mass is 561 g/mol. The molecule has 0 N–H and O–H groups in total. The normalized spacial score (nSPS) is 16.6. The molecule has 43 heavy (non-hydrogen) atoms. The third-order valence-corrected chi connectivity index (χ3v) is 7.81. The molecule has 1 aromatic heterocycles. The first-order chi connectivity index (χ1) is 27.6. The zero-order valence-electron chi connectivity index (χ0n) is 37.3. The van der Waals surface area contributed by atoms with Crippen molar-refractivity contribution < 1.29 is 25.0 Å². The molecule has 200 valence electrons. The van der Waals surface area contributed by atoms with Gasteiger partial charge in [-0.25, -0.2) is 0 Å². The summed E-state index contributed by atoms with van der Waals surface area (Å²) in [5.74, 6) is 0. The van der Waals surface area contributed by atoms with Crippen LogP contribution in [-0.2, 0) is 0 Å². The molecular weight excluding hydrogens is 520 g/mol. The first kappa shape index (κ1) is 13.5. The molecule has 0 bridgehead atoms. The smallest absolute Gasteiger partial charge is 0.143 e. The third-order valence-electron chi connectivity index (χ3n) is 7.81. The van der Waals surface area contributed by atoms with E-state index in [4.69, 9.17) is 18.1 Å². The maximum Gasteiger partial charge on any atom is 0.143 e. The second kappa shape index (κ2) is 9.44. The third kappa shape index (κ3) is 3.65. The summed E-state index contributed by atoms with van der Waals surface area (Å²) in [6.07, 6.45) is 0. The molecule has 0 atom stereocenters. The van der Waals surface area contributed by atoms with Gasteiger partial charge in [0.2, 0.25) is 0 Å². The molecule has 0 unspecified atom stereocenters. The van der Waals surface area contributed by atoms with Crippen molar-refractivity contribution in [3.8, 4) is 33.4 Å². The number of furan rings is 1. The molecule has 0 amide bonds. The van der Waals surface area contributed by atoms with Gasteiger partial charge < -0.3 is 4.42 Å². The summed E-state index contributed by atoms with van der Waals surface area (Å²) >= 11 is 0. The van der Waals surface area contributed by atoms with Crippen LogP contribution in [0.5, 0.6) is 0 Å². The summed E-state index contributed by atoms with van der Waals surface area (Å²) in [6.45, 7) is 0. The van der Waals surface area contributed by atoms with Crippen LogP contribution >= 0.6 is 0 Å². The fourth-order valence-corrected chi connectivity index (χ4v) is 5.99. The van der Waals surface area contributed by atoms with Crippen LogP contribution in [0.25, 0.3) is 87.6 Å². The molecule has 1 nitrogen and oxygen atoms in total. The predicted octanol–water partition coefficient (Wildman–Crippen LogP) is 12.0. The van der Waals surface area contributed by atoms with Gasteiger partial charge in [0.25, 0.3) is 0 Å². The van der Waals surface area contributed by atoms with Crippen molar-refractivity contribution in [3.63, 3.8) is 0 Å². The van der Waals surface area contributed by atoms with Crippen molar-refractivity contribution in [3.05, 3.63) is 157 Å². The fourth-order valence-electron chi connectivity index (χ4n) is 5.99. The zero-order valence-corrected chi connectivity index (χ0v) is 22.3. The second-order valence-electron chi connectivity index (χ2n) is 10.1. The second-order valence-corrected chi connectivity index (χ2v) is 10.1. The van der Waals surface area contributed by atoms with E-state index in [0.29, 0.717) is 11.1 Å². The summed E-state index contributed by atoms with van der Waals surface area (Å²) in [4.78, 5) is 0. The lowest BCUT2D eigenvalue weighted by Crippen LogP contribution is -1.91. The molecule has 0 spiro atoms. The molecule has 0 saturated heterocycles. The van der Waals surface area contributed by atoms with Gasteiger partial charge in [0.05, 0.1) is 20.6 Å². The van der Waals surface area contributed by atoms with Crippen molar-refractivity contribution in [2.75, 3.05) is 0 Å². The molecule has 0 aliphatic carbocycles. The molecule has 0 saturated carbocycles. The van der Waals surface area contributed by atoms with Gasteiger partial charge in [0.15, 0.2) is 0 Å². The van der Waals surface area contributed by atoms with Crippen molar-refractivity contribution >= 4 is 54.3 Å². The number of hydrogen-bond acceptors (Lipinski definition) is 1. The van der Waals surface area contributed by atoms with Crippen LogP contribution in [0.3, 0.4) is 0 Å². The summed E-state index contributed by atoms with van der Waals surface area (Å²) in [5.41, 5.74) is 0.497. The Labute approximate surface area is 270 Å². The van der Waals surface area contributed by atoms with E-state index in [1.165, 1.54) is 0 Å². The van der Waals surface area contributed by atoms with E-state index >= 15 is 0 Å². The average Bonchev–Trinajstić information content (AvgIpc) is 3.63. The van der Waals surface area contributed by atoms with E-state index in [-0.39, 0.29) is 60.2 Å². The van der Waals surface area contributed by atoms with Crippen molar-refractivity contribution in [1.29, 1.82) is 0 Å². The minimum Gasteiger partial charge on any atom is -0.455 e. The molecule has 0 fully saturated rings. The van der Waals surface area contributed by atoms with Gasteiger partial charge >= 0.3 is 0 Å². The van der Waals surface area contributed by atoms with Crippen LogP contribution in [-0.4, -0.2) is 0 Å². The molecule has 1 heteroatoms. The van der Waals surface area contributed by atoms with E-state index in [2.05, 4.69) is 0 Å². The average molecular weight is 562 g/mol. The molecule has 0 aliphatic rings. The Morgan fingerprint density at radius 2 is 1.02 bits per heavy atom. The number of fused-ring (bicyclic) bond motifs is 6. The first-order valence-corrected chi connectivity index (χ1v) is 13.6. The Bertz CT molecular complexity index is 3270. The van der Waals surface area contributed by atoms with Crippen LogP contribution < -0.4 is 0 Å². The lowest BCUT2D eigenvalue weighted by atomic mass is 9.85. The van der Waals surface area contributed by atoms with Gasteiger partial charge in [-0.05, 0) is 66.7 Å². The van der Waals surface area contributed by atoms with E-state index in [1.807, 2.05) is 48.5 Å². The van der Waals surface area contributed by atoms with Crippen LogP contribution in [0, 0.1) is 0 Å². The van der Waals surface area contributed by atoms with Gasteiger partial charge in [-0.3, -0.25) is 0 Å². The lowest BCUT2D eigenvalue weighted by molar-refractivity contribution is 0.670. The van der Waals surface area contributed by atoms with E-state index < -0.39 is 90.6 Å².